The zero-order valence-electron chi connectivity index (χ0n) is 15.5. The van der Waals surface area contributed by atoms with Gasteiger partial charge in [-0.3, -0.25) is 9.78 Å². The van der Waals surface area contributed by atoms with Crippen LogP contribution in [0, 0.1) is 0 Å². The first-order valence-corrected chi connectivity index (χ1v) is 10.1. The number of hydrogen-bond acceptors (Lipinski definition) is 4. The van der Waals surface area contributed by atoms with Crippen LogP contribution in [-0.2, 0) is 22.4 Å². The Kier molecular flexibility index (Phi) is 5.69. The molecule has 0 bridgehead atoms. The van der Waals surface area contributed by atoms with Gasteiger partial charge in [-0.25, -0.2) is 4.79 Å². The Morgan fingerprint density at radius 1 is 1.00 bits per heavy atom. The number of ether oxygens (including phenoxy) is 1. The standard InChI is InChI=1S/C22H18Cl2N2O3/c23-15-8-5-9-16(24)21(15)26-19(27)12-29-22(28)20-13-6-1-3-10-17(13)25-18-11-4-2-7-14(18)20/h1,3,5-6,8-10H,2,4,7,11-12H2,(H,26,27). The fraction of sp³-hybridized carbons (Fsp3) is 0.227. The Balaban J connectivity index is 1.56. The minimum atomic E-state index is -0.526. The van der Waals surface area contributed by atoms with Crippen molar-refractivity contribution in [3.05, 3.63) is 69.3 Å². The maximum Gasteiger partial charge on any atom is 0.339 e. The predicted octanol–water partition coefficient (Wildman–Crippen LogP) is 5.22. The van der Waals surface area contributed by atoms with E-state index in [1.165, 1.54) is 0 Å². The van der Waals surface area contributed by atoms with E-state index in [4.69, 9.17) is 32.9 Å². The molecule has 2 aromatic carbocycles. The van der Waals surface area contributed by atoms with Crippen molar-refractivity contribution < 1.29 is 14.3 Å². The van der Waals surface area contributed by atoms with Crippen molar-refractivity contribution in [3.8, 4) is 0 Å². The zero-order chi connectivity index (χ0) is 20.4. The van der Waals surface area contributed by atoms with Crippen molar-refractivity contribution >= 4 is 51.7 Å². The quantitative estimate of drug-likeness (QED) is 0.578. The first-order chi connectivity index (χ1) is 14.0. The highest BCUT2D eigenvalue weighted by atomic mass is 35.5. The predicted molar refractivity (Wildman–Crippen MR) is 114 cm³/mol. The van der Waals surface area contributed by atoms with E-state index in [-0.39, 0.29) is 0 Å². The van der Waals surface area contributed by atoms with Crippen LogP contribution >= 0.6 is 23.2 Å². The van der Waals surface area contributed by atoms with Crippen LogP contribution in [0.15, 0.2) is 42.5 Å². The molecule has 0 unspecified atom stereocenters. The SMILES string of the molecule is O=C(COC(=O)c1c2c(nc3ccccc13)CCCC2)Nc1c(Cl)cccc1Cl. The lowest BCUT2D eigenvalue weighted by molar-refractivity contribution is -0.119. The topological polar surface area (TPSA) is 68.3 Å². The van der Waals surface area contributed by atoms with Crippen LogP contribution in [0.4, 0.5) is 5.69 Å². The summed E-state index contributed by atoms with van der Waals surface area (Å²) < 4.78 is 5.35. The summed E-state index contributed by atoms with van der Waals surface area (Å²) in [5.74, 6) is -1.04. The molecule has 4 rings (SSSR count). The highest BCUT2D eigenvalue weighted by Crippen LogP contribution is 2.31. The average Bonchev–Trinajstić information content (AvgIpc) is 2.73. The molecule has 29 heavy (non-hydrogen) atoms. The molecule has 0 atom stereocenters. The van der Waals surface area contributed by atoms with Gasteiger partial charge in [-0.2, -0.15) is 0 Å². The Labute approximate surface area is 178 Å². The van der Waals surface area contributed by atoms with Crippen LogP contribution in [0.25, 0.3) is 10.9 Å². The van der Waals surface area contributed by atoms with Gasteiger partial charge in [0.15, 0.2) is 6.61 Å². The second kappa shape index (κ2) is 8.39. The summed E-state index contributed by atoms with van der Waals surface area (Å²) in [6.07, 6.45) is 3.66. The summed E-state index contributed by atoms with van der Waals surface area (Å²) in [6, 6.07) is 12.4. The van der Waals surface area contributed by atoms with Crippen molar-refractivity contribution in [1.29, 1.82) is 0 Å². The van der Waals surface area contributed by atoms with E-state index >= 15 is 0 Å². The van der Waals surface area contributed by atoms with E-state index in [9.17, 15) is 9.59 Å². The number of pyridine rings is 1. The minimum Gasteiger partial charge on any atom is -0.452 e. The van der Waals surface area contributed by atoms with Gasteiger partial charge >= 0.3 is 5.97 Å². The number of esters is 1. The third-order valence-corrected chi connectivity index (χ3v) is 5.56. The molecule has 0 fully saturated rings. The summed E-state index contributed by atoms with van der Waals surface area (Å²) in [6.45, 7) is -0.439. The number of aryl methyl sites for hydroxylation is 1. The second-order valence-corrected chi connectivity index (χ2v) is 7.67. The third kappa shape index (κ3) is 4.07. The summed E-state index contributed by atoms with van der Waals surface area (Å²) in [5.41, 5.74) is 3.42. The summed E-state index contributed by atoms with van der Waals surface area (Å²) >= 11 is 12.1. The number of rotatable bonds is 4. The Hall–Kier alpha value is -2.63. The summed E-state index contributed by atoms with van der Waals surface area (Å²) in [4.78, 5) is 29.9. The number of carbonyl (C=O) groups is 2. The third-order valence-electron chi connectivity index (χ3n) is 4.93. The average molecular weight is 429 g/mol. The number of nitrogens with zero attached hydrogens (tertiary/aromatic N) is 1. The van der Waals surface area contributed by atoms with E-state index in [2.05, 4.69) is 5.32 Å². The molecule has 1 heterocycles. The Morgan fingerprint density at radius 3 is 2.52 bits per heavy atom. The van der Waals surface area contributed by atoms with Crippen LogP contribution < -0.4 is 5.32 Å². The number of amides is 1. The lowest BCUT2D eigenvalue weighted by atomic mass is 9.90. The number of fused-ring (bicyclic) bond motifs is 2. The Morgan fingerprint density at radius 2 is 1.72 bits per heavy atom. The maximum absolute atomic E-state index is 12.9. The van der Waals surface area contributed by atoms with E-state index in [1.54, 1.807) is 18.2 Å². The van der Waals surface area contributed by atoms with Gasteiger partial charge in [0.05, 0.1) is 26.8 Å². The van der Waals surface area contributed by atoms with Gasteiger partial charge in [0.2, 0.25) is 0 Å². The largest absolute Gasteiger partial charge is 0.452 e. The first kappa shape index (κ1) is 19.7. The second-order valence-electron chi connectivity index (χ2n) is 6.86. The fourth-order valence-corrected chi connectivity index (χ4v) is 4.09. The smallest absolute Gasteiger partial charge is 0.339 e. The molecule has 0 aliphatic heterocycles. The molecule has 0 spiro atoms. The highest BCUT2D eigenvalue weighted by molar-refractivity contribution is 6.39. The van der Waals surface area contributed by atoms with Crippen LogP contribution in [0.2, 0.25) is 10.0 Å². The molecule has 148 valence electrons. The van der Waals surface area contributed by atoms with Gasteiger partial charge in [0.25, 0.3) is 5.91 Å². The normalized spacial score (nSPS) is 13.0. The molecule has 0 radical (unpaired) electrons. The molecule has 7 heteroatoms. The van der Waals surface area contributed by atoms with Crippen molar-refractivity contribution in [2.24, 2.45) is 0 Å². The van der Waals surface area contributed by atoms with Gasteiger partial charge in [-0.15, -0.1) is 0 Å². The number of anilines is 1. The molecule has 0 saturated heterocycles. The number of hydrogen-bond donors (Lipinski definition) is 1. The Bertz CT molecular complexity index is 1090. The highest BCUT2D eigenvalue weighted by Gasteiger charge is 2.24. The van der Waals surface area contributed by atoms with Gasteiger partial charge in [-0.1, -0.05) is 47.5 Å². The van der Waals surface area contributed by atoms with Crippen LogP contribution in [-0.4, -0.2) is 23.5 Å². The molecule has 3 aromatic rings. The van der Waals surface area contributed by atoms with E-state index in [1.807, 2.05) is 24.3 Å². The lowest BCUT2D eigenvalue weighted by Gasteiger charge is -2.20. The fourth-order valence-electron chi connectivity index (χ4n) is 3.60. The number of para-hydroxylation sites is 2. The maximum atomic E-state index is 12.9. The lowest BCUT2D eigenvalue weighted by Crippen LogP contribution is -2.23. The van der Waals surface area contributed by atoms with Crippen LogP contribution in [0.1, 0.15) is 34.5 Å². The molecule has 0 saturated carbocycles. The molecule has 1 aromatic heterocycles. The molecule has 1 amide bonds. The number of carbonyl (C=O) groups excluding carboxylic acids is 2. The van der Waals surface area contributed by atoms with E-state index < -0.39 is 18.5 Å². The summed E-state index contributed by atoms with van der Waals surface area (Å²) in [5, 5.41) is 3.96. The molecule has 1 aliphatic carbocycles. The first-order valence-electron chi connectivity index (χ1n) is 9.36. The van der Waals surface area contributed by atoms with Crippen molar-refractivity contribution in [1.82, 2.24) is 4.98 Å². The van der Waals surface area contributed by atoms with Gasteiger partial charge in [-0.05, 0) is 49.4 Å². The van der Waals surface area contributed by atoms with Gasteiger partial charge in [0, 0.05) is 11.1 Å². The number of nitrogens with one attached hydrogen (secondary N) is 1. The van der Waals surface area contributed by atoms with Crippen LogP contribution in [0.5, 0.6) is 0 Å². The minimum absolute atomic E-state index is 0.295. The molecular formula is C22H18Cl2N2O3. The zero-order valence-corrected chi connectivity index (χ0v) is 17.0. The molecule has 1 aliphatic rings. The molecular weight excluding hydrogens is 411 g/mol. The van der Waals surface area contributed by atoms with Crippen LogP contribution in [0.3, 0.4) is 0 Å². The number of aromatic nitrogens is 1. The van der Waals surface area contributed by atoms with Crippen molar-refractivity contribution in [2.45, 2.75) is 25.7 Å². The van der Waals surface area contributed by atoms with Crippen molar-refractivity contribution in [3.63, 3.8) is 0 Å². The molecule has 5 nitrogen and oxygen atoms in total. The van der Waals surface area contributed by atoms with Gasteiger partial charge in [0.1, 0.15) is 0 Å². The van der Waals surface area contributed by atoms with Crippen molar-refractivity contribution in [2.75, 3.05) is 11.9 Å². The van der Waals surface area contributed by atoms with E-state index in [0.29, 0.717) is 21.3 Å². The van der Waals surface area contributed by atoms with Gasteiger partial charge < -0.3 is 10.1 Å². The monoisotopic (exact) mass is 428 g/mol. The van der Waals surface area contributed by atoms with E-state index in [0.717, 1.165) is 47.8 Å². The number of benzene rings is 2. The summed E-state index contributed by atoms with van der Waals surface area (Å²) in [7, 11) is 0. The molecule has 1 N–H and O–H groups in total. The number of halogens is 2.